The average molecular weight is 1070 g/mol. The fourth-order valence-corrected chi connectivity index (χ4v) is 34.6. The Kier molecular flexibility index (Phi) is 46.6. The Labute approximate surface area is 409 Å². The Morgan fingerprint density at radius 1 is 0.359 bits per heavy atom. The molecule has 0 saturated carbocycles. The van der Waals surface area contributed by atoms with Gasteiger partial charge in [-0.3, -0.25) is 0 Å². The Bertz CT molecular complexity index is 1130. The quantitative estimate of drug-likeness (QED) is 0.0508. The van der Waals surface area contributed by atoms with Crippen molar-refractivity contribution in [1.29, 1.82) is 0 Å². The summed E-state index contributed by atoms with van der Waals surface area (Å²) in [6, 6.07) is 2.04. The lowest BCUT2D eigenvalue weighted by atomic mass is 10.5. The highest BCUT2D eigenvalue weighted by Gasteiger charge is 2.45. The summed E-state index contributed by atoms with van der Waals surface area (Å²) < 4.78 is 63.3. The first-order valence-corrected chi connectivity index (χ1v) is 49.9. The van der Waals surface area contributed by atoms with Crippen LogP contribution in [0.3, 0.4) is 0 Å². The number of hydrogen-bond donors (Lipinski definition) is 0. The van der Waals surface area contributed by atoms with Crippen molar-refractivity contribution >= 4 is 75.6 Å². The minimum absolute atomic E-state index is 0.617. The van der Waals surface area contributed by atoms with Crippen LogP contribution in [-0.4, -0.2) is 144 Å². The van der Waals surface area contributed by atoms with Crippen LogP contribution >= 0.6 is 0 Å². The molecule has 0 saturated heterocycles. The first-order chi connectivity index (χ1) is 29.0. The maximum Gasteiger partial charge on any atom is 0.316 e. The molecule has 0 N–H and O–H groups in total. The van der Waals surface area contributed by atoms with E-state index in [0.29, 0.717) is 33.0 Å². The summed E-state index contributed by atoms with van der Waals surface area (Å²) in [5.41, 5.74) is 7.83. The lowest BCUT2D eigenvalue weighted by Gasteiger charge is -2.41. The Balaban J connectivity index is -0.000000188. The molecule has 0 aromatic carbocycles. The maximum atomic E-state index is 6.66. The van der Waals surface area contributed by atoms with E-state index in [1.165, 1.54) is 0 Å². The summed E-state index contributed by atoms with van der Waals surface area (Å²) in [7, 11) is -9.69. The molecule has 388 valence electrons. The molecular formula is C44H110O11Si9. The average Bonchev–Trinajstić information content (AvgIpc) is 3.18. The molecule has 0 fully saturated rings. The maximum absolute atomic E-state index is 6.66. The number of ether oxygens (including phenoxy) is 4. The van der Waals surface area contributed by atoms with Crippen molar-refractivity contribution in [3.8, 4) is 0 Å². The van der Waals surface area contributed by atoms with E-state index in [9.17, 15) is 0 Å². The zero-order valence-corrected chi connectivity index (χ0v) is 56.2. The van der Waals surface area contributed by atoms with Crippen molar-refractivity contribution in [3.63, 3.8) is 0 Å². The zero-order valence-electron chi connectivity index (χ0n) is 47.2. The van der Waals surface area contributed by atoms with Gasteiger partial charge in [0.15, 0.2) is 49.9 Å². The summed E-state index contributed by atoms with van der Waals surface area (Å²) in [6.07, 6.45) is 2.00. The summed E-state index contributed by atoms with van der Waals surface area (Å²) in [5.74, 6) is 0. The number of methoxy groups -OCH3 is 2. The molecule has 0 radical (unpaired) electrons. The smallest absolute Gasteiger partial charge is 0.316 e. The lowest BCUT2D eigenvalue weighted by molar-refractivity contribution is 0.0703. The number of hydrogen-bond acceptors (Lipinski definition) is 11. The minimum atomic E-state index is -2.42. The molecule has 0 spiro atoms. The minimum Gasteiger partial charge on any atom is -0.433 e. The van der Waals surface area contributed by atoms with Gasteiger partial charge in [-0.15, -0.1) is 26.3 Å². The zero-order chi connectivity index (χ0) is 52.2. The fraction of sp³-hybridized carbons (Fsp3) is 0.818. The Morgan fingerprint density at radius 2 is 0.641 bits per heavy atom. The molecule has 0 aliphatic carbocycles. The molecule has 0 amide bonds. The topological polar surface area (TPSA) is 102 Å². The van der Waals surface area contributed by atoms with Crippen LogP contribution in [-0.2, 0) is 48.4 Å². The molecule has 1 atom stereocenters. The van der Waals surface area contributed by atoms with Gasteiger partial charge in [0.25, 0.3) is 0 Å². The van der Waals surface area contributed by atoms with Crippen LogP contribution in [0, 0.1) is 0 Å². The van der Waals surface area contributed by atoms with E-state index in [4.69, 9.17) is 48.4 Å². The lowest BCUT2D eigenvalue weighted by Crippen LogP contribution is -2.57. The van der Waals surface area contributed by atoms with Crippen molar-refractivity contribution < 1.29 is 48.4 Å². The molecule has 20 heteroatoms. The Hall–Kier alpha value is 0.472. The van der Waals surface area contributed by atoms with E-state index < -0.39 is 75.6 Å². The van der Waals surface area contributed by atoms with Crippen LogP contribution in [0.15, 0.2) is 49.1 Å². The van der Waals surface area contributed by atoms with Crippen LogP contribution in [0.5, 0.6) is 0 Å². The second-order valence-corrected chi connectivity index (χ2v) is 55.3. The number of rotatable bonds is 30. The molecule has 0 aliphatic heterocycles. The second kappa shape index (κ2) is 39.2. The standard InChI is InChI=1S/C17H40O5Si4.C10H24O2Si3.C9H22O3Si.C4H12OSi.2C2H6/c1-11-23(4,5)20-25(8,9)22-26(10,21-24(6,7)12-2)17-13-14-19-16-15-18-3;1-9-13(3,4)11-15(7,8)12-14(5,6)10-2;1-10-7-8-12-6-5-9-13(3,4)11-2;1-5-6(2,3)4;2*1-2/h11-12H,1-2,13-17H2,3-10H3;9-10H,1-2H2,3-8H3;5-9H2,1-4H3;1-4H3;2*1-2H3. The first kappa shape index (κ1) is 76.0. The van der Waals surface area contributed by atoms with Crippen LogP contribution in [0.2, 0.25) is 130 Å². The molecule has 0 aromatic rings. The van der Waals surface area contributed by atoms with Gasteiger partial charge in [0.1, 0.15) is 0 Å². The molecule has 0 aromatic heterocycles. The highest BCUT2D eigenvalue weighted by atomic mass is 28.5. The first-order valence-electron chi connectivity index (χ1n) is 23.3. The van der Waals surface area contributed by atoms with Crippen molar-refractivity contribution in [3.05, 3.63) is 49.1 Å². The van der Waals surface area contributed by atoms with Gasteiger partial charge in [-0.05, 0) is 143 Å². The largest absolute Gasteiger partial charge is 0.433 e. The second-order valence-electron chi connectivity index (χ2n) is 19.4. The van der Waals surface area contributed by atoms with Gasteiger partial charge in [-0.1, -0.05) is 50.5 Å². The van der Waals surface area contributed by atoms with Gasteiger partial charge in [0.05, 0.1) is 26.4 Å². The van der Waals surface area contributed by atoms with E-state index in [0.717, 1.165) is 31.5 Å². The summed E-state index contributed by atoms with van der Waals surface area (Å²) in [6.45, 7) is 66.3. The Morgan fingerprint density at radius 3 is 0.906 bits per heavy atom. The van der Waals surface area contributed by atoms with Crippen LogP contribution in [0.1, 0.15) is 40.5 Å². The van der Waals surface area contributed by atoms with Gasteiger partial charge < -0.3 is 48.4 Å². The highest BCUT2D eigenvalue weighted by molar-refractivity contribution is 6.92. The monoisotopic (exact) mass is 1070 g/mol. The van der Waals surface area contributed by atoms with Gasteiger partial charge in [-0.25, -0.2) is 0 Å². The third-order valence-corrected chi connectivity index (χ3v) is 37.3. The van der Waals surface area contributed by atoms with E-state index in [1.54, 1.807) is 28.4 Å². The highest BCUT2D eigenvalue weighted by Crippen LogP contribution is 2.28. The predicted octanol–water partition coefficient (Wildman–Crippen LogP) is 13.7. The molecule has 1 unspecified atom stereocenters. The third-order valence-electron chi connectivity index (χ3n) is 8.45. The normalized spacial score (nSPS) is 13.3. The molecular weight excluding hydrogens is 957 g/mol. The van der Waals surface area contributed by atoms with E-state index in [2.05, 4.69) is 144 Å². The van der Waals surface area contributed by atoms with Crippen molar-refractivity contribution in [2.75, 3.05) is 68.1 Å². The van der Waals surface area contributed by atoms with Crippen LogP contribution < -0.4 is 0 Å². The van der Waals surface area contributed by atoms with Gasteiger partial charge in [-0.2, -0.15) is 0 Å². The van der Waals surface area contributed by atoms with Crippen molar-refractivity contribution in [1.82, 2.24) is 0 Å². The summed E-state index contributed by atoms with van der Waals surface area (Å²) >= 11 is 0. The van der Waals surface area contributed by atoms with Gasteiger partial charge in [0, 0.05) is 41.7 Å². The van der Waals surface area contributed by atoms with Crippen LogP contribution in [0.25, 0.3) is 0 Å². The summed E-state index contributed by atoms with van der Waals surface area (Å²) in [4.78, 5) is 0. The fourth-order valence-electron chi connectivity index (χ4n) is 4.99. The molecule has 0 rings (SSSR count). The van der Waals surface area contributed by atoms with Gasteiger partial charge in [0.2, 0.25) is 0 Å². The molecule has 0 aliphatic rings. The SMILES string of the molecule is C=C[Si](C)(C)O[Si](C)(C)O[Si](C)(C)C=C.C=C[Si](C)(C)O[Si](C)(C)O[Si](C)(CCCOCCOC)O[Si](C)(C)C=C.CC.CC.COCCOCCC[Si](C)(C)OC.CO[Si](C)(C)C. The molecule has 0 bridgehead atoms. The molecule has 0 heterocycles. The van der Waals surface area contributed by atoms with E-state index in [1.807, 2.05) is 50.5 Å². The van der Waals surface area contributed by atoms with Crippen molar-refractivity contribution in [2.45, 2.75) is 170 Å². The van der Waals surface area contributed by atoms with E-state index >= 15 is 0 Å². The van der Waals surface area contributed by atoms with Crippen LogP contribution in [0.4, 0.5) is 0 Å². The predicted molar refractivity (Wildman–Crippen MR) is 305 cm³/mol. The van der Waals surface area contributed by atoms with E-state index in [-0.39, 0.29) is 0 Å². The van der Waals surface area contributed by atoms with Gasteiger partial charge >= 0.3 is 25.7 Å². The van der Waals surface area contributed by atoms with Crippen molar-refractivity contribution in [2.24, 2.45) is 0 Å². The molecule has 11 nitrogen and oxygen atoms in total. The molecule has 64 heavy (non-hydrogen) atoms. The summed E-state index contributed by atoms with van der Waals surface area (Å²) in [5, 5.41) is 0. The third kappa shape index (κ3) is 53.4.